The average molecular weight is 587 g/mol. The minimum atomic E-state index is -0.113. The van der Waals surface area contributed by atoms with Crippen LogP contribution >= 0.6 is 0 Å². The molecule has 0 amide bonds. The van der Waals surface area contributed by atoms with E-state index in [-0.39, 0.29) is 30.3 Å². The summed E-state index contributed by atoms with van der Waals surface area (Å²) >= 11 is 0. The van der Waals surface area contributed by atoms with Gasteiger partial charge in [0.25, 0.3) is 0 Å². The molecular formula is C33H50N2O7. The highest BCUT2D eigenvalue weighted by molar-refractivity contribution is 5.61. The Hall–Kier alpha value is -2.24. The van der Waals surface area contributed by atoms with Gasteiger partial charge in [-0.05, 0) is 49.1 Å². The van der Waals surface area contributed by atoms with Crippen LogP contribution in [0.1, 0.15) is 49.0 Å². The summed E-state index contributed by atoms with van der Waals surface area (Å²) in [5.41, 5.74) is 4.59. The molecule has 0 radical (unpaired) electrons. The van der Waals surface area contributed by atoms with Crippen molar-refractivity contribution in [1.29, 1.82) is 0 Å². The summed E-state index contributed by atoms with van der Waals surface area (Å²) in [6.07, 6.45) is 0.749. The van der Waals surface area contributed by atoms with Crippen molar-refractivity contribution >= 4 is 5.69 Å². The van der Waals surface area contributed by atoms with Crippen molar-refractivity contribution < 1.29 is 33.2 Å². The van der Waals surface area contributed by atoms with Gasteiger partial charge in [-0.2, -0.15) is 0 Å². The van der Waals surface area contributed by atoms with Gasteiger partial charge in [0.05, 0.1) is 63.1 Å². The molecule has 2 aromatic carbocycles. The maximum absolute atomic E-state index is 6.86. The molecule has 0 saturated carbocycles. The molecule has 0 aromatic heterocycles. The monoisotopic (exact) mass is 586 g/mol. The molecular weight excluding hydrogens is 536 g/mol. The zero-order chi connectivity index (χ0) is 29.7. The van der Waals surface area contributed by atoms with E-state index in [9.17, 15) is 0 Å². The zero-order valence-corrected chi connectivity index (χ0v) is 26.0. The lowest BCUT2D eigenvalue weighted by molar-refractivity contribution is -0.0930. The summed E-state index contributed by atoms with van der Waals surface area (Å²) in [5.74, 6) is 0.992. The molecule has 9 heteroatoms. The minimum Gasteiger partial charge on any atom is -0.490 e. The van der Waals surface area contributed by atoms with Crippen LogP contribution in [0.2, 0.25) is 0 Å². The van der Waals surface area contributed by atoms with E-state index in [1.165, 1.54) is 5.56 Å². The molecule has 2 unspecified atom stereocenters. The molecule has 42 heavy (non-hydrogen) atoms. The standard InChI is InChI=1S/C33H50N2O7/c1-24(38-5)22-41-31-20-34-21-32(33(31)27-9-7-26(8-10-27)23-39-18-17-37-4)42-25(2)28-11-12-30-29(19-28)35(14-16-40-30)13-6-15-36-3/h7-12,19,24-25,31-34H,6,13-18,20-23H2,1-5H3/t24?,25?,31-,32+,33-/m1/s1. The number of hydrogen-bond acceptors (Lipinski definition) is 9. The fourth-order valence-electron chi connectivity index (χ4n) is 5.60. The fraction of sp³-hybridized carbons (Fsp3) is 0.636. The molecule has 4 rings (SSSR count). The van der Waals surface area contributed by atoms with E-state index in [0.717, 1.165) is 61.8 Å². The summed E-state index contributed by atoms with van der Waals surface area (Å²) in [6.45, 7) is 11.2. The Morgan fingerprint density at radius 1 is 0.952 bits per heavy atom. The third kappa shape index (κ3) is 9.13. The van der Waals surface area contributed by atoms with Gasteiger partial charge in [-0.25, -0.2) is 0 Å². The van der Waals surface area contributed by atoms with Crippen molar-refractivity contribution in [3.63, 3.8) is 0 Å². The molecule has 1 fully saturated rings. The van der Waals surface area contributed by atoms with E-state index >= 15 is 0 Å². The van der Waals surface area contributed by atoms with Crippen molar-refractivity contribution in [2.75, 3.05) is 85.4 Å². The molecule has 0 spiro atoms. The summed E-state index contributed by atoms with van der Waals surface area (Å²) in [5, 5.41) is 3.56. The second kappa shape index (κ2) is 17.2. The van der Waals surface area contributed by atoms with Crippen LogP contribution in [-0.4, -0.2) is 98.9 Å². The van der Waals surface area contributed by atoms with Crippen LogP contribution in [0.4, 0.5) is 5.69 Å². The highest BCUT2D eigenvalue weighted by Gasteiger charge is 2.37. The Bertz CT molecular complexity index is 1050. The topological polar surface area (TPSA) is 79.9 Å². The van der Waals surface area contributed by atoms with E-state index in [1.807, 2.05) is 6.92 Å². The van der Waals surface area contributed by atoms with Gasteiger partial charge in [-0.15, -0.1) is 0 Å². The quantitative estimate of drug-likeness (QED) is 0.272. The second-order valence-electron chi connectivity index (χ2n) is 11.1. The number of nitrogens with zero attached hydrogens (tertiary/aromatic N) is 1. The number of ether oxygens (including phenoxy) is 7. The Kier molecular flexibility index (Phi) is 13.3. The van der Waals surface area contributed by atoms with Crippen LogP contribution in [0.25, 0.3) is 0 Å². The molecule has 2 aliphatic rings. The number of fused-ring (bicyclic) bond motifs is 1. The van der Waals surface area contributed by atoms with Gasteiger partial charge in [0.2, 0.25) is 0 Å². The van der Waals surface area contributed by atoms with E-state index in [2.05, 4.69) is 59.6 Å². The summed E-state index contributed by atoms with van der Waals surface area (Å²) in [4.78, 5) is 2.39. The predicted octanol–water partition coefficient (Wildman–Crippen LogP) is 4.34. The van der Waals surface area contributed by atoms with E-state index in [0.29, 0.717) is 33.0 Å². The first-order valence-corrected chi connectivity index (χ1v) is 15.2. The number of piperidine rings is 1. The van der Waals surface area contributed by atoms with Crippen LogP contribution in [0.5, 0.6) is 5.75 Å². The lowest BCUT2D eigenvalue weighted by Gasteiger charge is -2.40. The van der Waals surface area contributed by atoms with Crippen molar-refractivity contribution in [2.24, 2.45) is 0 Å². The molecule has 2 heterocycles. The molecule has 0 bridgehead atoms. The second-order valence-corrected chi connectivity index (χ2v) is 11.1. The molecule has 9 nitrogen and oxygen atoms in total. The maximum Gasteiger partial charge on any atom is 0.142 e. The van der Waals surface area contributed by atoms with Crippen molar-refractivity contribution in [3.8, 4) is 5.75 Å². The SMILES string of the molecule is COCCCN1CCOc2ccc(C(C)O[C@H]3CNC[C@@H](OCC(C)OC)[C@H]3c3ccc(COCCOC)cc3)cc21. The van der Waals surface area contributed by atoms with Gasteiger partial charge in [0, 0.05) is 53.5 Å². The number of hydrogen-bond donors (Lipinski definition) is 1. The number of rotatable bonds is 17. The minimum absolute atomic E-state index is 0.0158. The Balaban J connectivity index is 1.50. The average Bonchev–Trinajstić information content (AvgIpc) is 3.02. The first-order chi connectivity index (χ1) is 20.5. The third-order valence-electron chi connectivity index (χ3n) is 8.07. The highest BCUT2D eigenvalue weighted by atomic mass is 16.5. The zero-order valence-electron chi connectivity index (χ0n) is 26.0. The van der Waals surface area contributed by atoms with Gasteiger partial charge in [0.1, 0.15) is 12.4 Å². The van der Waals surface area contributed by atoms with Crippen LogP contribution in [0.3, 0.4) is 0 Å². The number of methoxy groups -OCH3 is 3. The first-order valence-electron chi connectivity index (χ1n) is 15.2. The summed E-state index contributed by atoms with van der Waals surface area (Å²) < 4.78 is 40.8. The molecule has 5 atom stereocenters. The highest BCUT2D eigenvalue weighted by Crippen LogP contribution is 2.37. The lowest BCUT2D eigenvalue weighted by Crippen LogP contribution is -2.51. The maximum atomic E-state index is 6.86. The normalized spacial score (nSPS) is 21.9. The van der Waals surface area contributed by atoms with Crippen molar-refractivity contribution in [3.05, 3.63) is 59.2 Å². The van der Waals surface area contributed by atoms with Gasteiger partial charge >= 0.3 is 0 Å². The van der Waals surface area contributed by atoms with E-state index in [1.54, 1.807) is 21.3 Å². The molecule has 0 aliphatic carbocycles. The molecule has 2 aromatic rings. The van der Waals surface area contributed by atoms with Gasteiger partial charge in [-0.1, -0.05) is 30.3 Å². The Labute approximate surface area is 251 Å². The summed E-state index contributed by atoms with van der Waals surface area (Å²) in [7, 11) is 5.15. The smallest absolute Gasteiger partial charge is 0.142 e. The van der Waals surface area contributed by atoms with Gasteiger partial charge in [0.15, 0.2) is 0 Å². The Morgan fingerprint density at radius 3 is 2.50 bits per heavy atom. The predicted molar refractivity (Wildman–Crippen MR) is 164 cm³/mol. The number of anilines is 1. The van der Waals surface area contributed by atoms with Crippen molar-refractivity contribution in [1.82, 2.24) is 5.32 Å². The lowest BCUT2D eigenvalue weighted by atomic mass is 9.84. The Morgan fingerprint density at radius 2 is 1.74 bits per heavy atom. The van der Waals surface area contributed by atoms with Crippen LogP contribution in [-0.2, 0) is 35.0 Å². The number of benzene rings is 2. The molecule has 234 valence electrons. The number of nitrogens with one attached hydrogen (secondary N) is 1. The first kappa shape index (κ1) is 32.7. The third-order valence-corrected chi connectivity index (χ3v) is 8.07. The van der Waals surface area contributed by atoms with Crippen LogP contribution in [0, 0.1) is 0 Å². The molecule has 1 saturated heterocycles. The van der Waals surface area contributed by atoms with Crippen LogP contribution < -0.4 is 15.0 Å². The van der Waals surface area contributed by atoms with Crippen molar-refractivity contribution in [2.45, 2.75) is 57.2 Å². The van der Waals surface area contributed by atoms with Gasteiger partial charge < -0.3 is 43.4 Å². The van der Waals surface area contributed by atoms with Gasteiger partial charge in [-0.3, -0.25) is 0 Å². The van der Waals surface area contributed by atoms with E-state index < -0.39 is 0 Å². The fourth-order valence-corrected chi connectivity index (χ4v) is 5.60. The molecule has 2 aliphatic heterocycles. The van der Waals surface area contributed by atoms with E-state index in [4.69, 9.17) is 33.2 Å². The largest absolute Gasteiger partial charge is 0.490 e. The summed E-state index contributed by atoms with van der Waals surface area (Å²) in [6, 6.07) is 15.1. The van der Waals surface area contributed by atoms with Crippen LogP contribution in [0.15, 0.2) is 42.5 Å². The molecule has 1 N–H and O–H groups in total.